The van der Waals surface area contributed by atoms with Crippen LogP contribution in [0.25, 0.3) is 10.2 Å². The Morgan fingerprint density at radius 1 is 1.15 bits per heavy atom. The molecule has 0 saturated carbocycles. The molecule has 0 aliphatic rings. The highest BCUT2D eigenvalue weighted by Crippen LogP contribution is 2.31. The zero-order chi connectivity index (χ0) is 19.1. The molecule has 0 atom stereocenters. The standard InChI is InChI=1S/C20H21N3O2S2/c1-2-3-11-21-18(24)13-26-20-23-16-10-9-15(12-17(16)27-20)22-19(25)14-7-5-4-6-8-14/h4-10,12H,2-3,11,13H2,1H3,(H,21,24)(H,22,25). The highest BCUT2D eigenvalue weighted by Gasteiger charge is 2.10. The number of thioether (sulfide) groups is 1. The number of carbonyl (C=O) groups is 2. The van der Waals surface area contributed by atoms with Crippen LogP contribution in [0.15, 0.2) is 52.9 Å². The van der Waals surface area contributed by atoms with E-state index in [1.54, 1.807) is 12.1 Å². The number of thiazole rings is 1. The van der Waals surface area contributed by atoms with Gasteiger partial charge in [0.15, 0.2) is 4.34 Å². The van der Waals surface area contributed by atoms with E-state index >= 15 is 0 Å². The first-order valence-corrected chi connectivity index (χ1v) is 10.6. The molecule has 5 nitrogen and oxygen atoms in total. The van der Waals surface area contributed by atoms with Gasteiger partial charge in [0.1, 0.15) is 0 Å². The summed E-state index contributed by atoms with van der Waals surface area (Å²) in [6.45, 7) is 2.82. The Balaban J connectivity index is 1.61. The smallest absolute Gasteiger partial charge is 0.255 e. The molecule has 27 heavy (non-hydrogen) atoms. The molecule has 0 aliphatic heterocycles. The number of nitrogens with zero attached hydrogens (tertiary/aromatic N) is 1. The third kappa shape index (κ3) is 5.55. The van der Waals surface area contributed by atoms with Crippen molar-refractivity contribution < 1.29 is 9.59 Å². The Labute approximate surface area is 166 Å². The first-order chi connectivity index (χ1) is 13.2. The summed E-state index contributed by atoms with van der Waals surface area (Å²) in [4.78, 5) is 28.6. The van der Waals surface area contributed by atoms with Gasteiger partial charge in [-0.1, -0.05) is 43.3 Å². The van der Waals surface area contributed by atoms with Gasteiger partial charge >= 0.3 is 0 Å². The molecule has 0 unspecified atom stereocenters. The van der Waals surface area contributed by atoms with Gasteiger partial charge in [-0.15, -0.1) is 11.3 Å². The van der Waals surface area contributed by atoms with Crippen LogP contribution in [0.3, 0.4) is 0 Å². The maximum absolute atomic E-state index is 12.3. The number of nitrogens with one attached hydrogen (secondary N) is 2. The van der Waals surface area contributed by atoms with E-state index in [1.807, 2.05) is 36.4 Å². The predicted molar refractivity (Wildman–Crippen MR) is 113 cm³/mol. The van der Waals surface area contributed by atoms with Crippen LogP contribution in [0.2, 0.25) is 0 Å². The number of fused-ring (bicyclic) bond motifs is 1. The summed E-state index contributed by atoms with van der Waals surface area (Å²) in [6.07, 6.45) is 2.06. The van der Waals surface area contributed by atoms with Crippen LogP contribution in [-0.4, -0.2) is 29.1 Å². The Hall–Kier alpha value is -2.38. The van der Waals surface area contributed by atoms with Crippen molar-refractivity contribution in [3.8, 4) is 0 Å². The first-order valence-electron chi connectivity index (χ1n) is 8.82. The molecule has 7 heteroatoms. The fourth-order valence-electron chi connectivity index (χ4n) is 2.42. The van der Waals surface area contributed by atoms with Crippen molar-refractivity contribution in [2.75, 3.05) is 17.6 Å². The molecular formula is C20H21N3O2S2. The van der Waals surface area contributed by atoms with Gasteiger partial charge in [-0.05, 0) is 36.8 Å². The van der Waals surface area contributed by atoms with Gasteiger partial charge < -0.3 is 10.6 Å². The summed E-state index contributed by atoms with van der Waals surface area (Å²) >= 11 is 2.96. The van der Waals surface area contributed by atoms with Gasteiger partial charge in [0.05, 0.1) is 16.0 Å². The predicted octanol–water partition coefficient (Wildman–Crippen LogP) is 4.56. The molecule has 2 aromatic carbocycles. The Morgan fingerprint density at radius 2 is 1.96 bits per heavy atom. The average Bonchev–Trinajstić information content (AvgIpc) is 3.09. The molecule has 0 bridgehead atoms. The first kappa shape index (κ1) is 19.4. The lowest BCUT2D eigenvalue weighted by molar-refractivity contribution is -0.118. The lowest BCUT2D eigenvalue weighted by Crippen LogP contribution is -2.25. The van der Waals surface area contributed by atoms with E-state index in [0.717, 1.165) is 39.6 Å². The maximum Gasteiger partial charge on any atom is 0.255 e. The van der Waals surface area contributed by atoms with Crippen molar-refractivity contribution in [1.29, 1.82) is 0 Å². The molecular weight excluding hydrogens is 378 g/mol. The quantitative estimate of drug-likeness (QED) is 0.430. The van der Waals surface area contributed by atoms with Gasteiger partial charge in [-0.3, -0.25) is 9.59 Å². The number of anilines is 1. The van der Waals surface area contributed by atoms with Gasteiger partial charge in [0.25, 0.3) is 5.91 Å². The van der Waals surface area contributed by atoms with E-state index in [0.29, 0.717) is 11.3 Å². The molecule has 0 spiro atoms. The molecule has 3 aromatic rings. The number of carbonyl (C=O) groups excluding carboxylic acids is 2. The van der Waals surface area contributed by atoms with Gasteiger partial charge in [-0.25, -0.2) is 4.98 Å². The summed E-state index contributed by atoms with van der Waals surface area (Å²) in [7, 11) is 0. The second-order valence-electron chi connectivity index (χ2n) is 5.97. The second kappa shape index (κ2) is 9.53. The zero-order valence-electron chi connectivity index (χ0n) is 15.0. The van der Waals surface area contributed by atoms with Crippen molar-refractivity contribution in [3.63, 3.8) is 0 Å². The monoisotopic (exact) mass is 399 g/mol. The number of hydrogen-bond donors (Lipinski definition) is 2. The zero-order valence-corrected chi connectivity index (χ0v) is 16.7. The molecule has 0 saturated heterocycles. The van der Waals surface area contributed by atoms with Crippen LogP contribution in [0.1, 0.15) is 30.1 Å². The van der Waals surface area contributed by atoms with Crippen LogP contribution in [0.5, 0.6) is 0 Å². The summed E-state index contributed by atoms with van der Waals surface area (Å²) in [5, 5.41) is 5.81. The minimum atomic E-state index is -0.141. The van der Waals surface area contributed by atoms with Crippen molar-refractivity contribution in [3.05, 3.63) is 54.1 Å². The number of rotatable bonds is 8. The number of unbranched alkanes of at least 4 members (excludes halogenated alkanes) is 1. The lowest BCUT2D eigenvalue weighted by atomic mass is 10.2. The normalized spacial score (nSPS) is 10.7. The topological polar surface area (TPSA) is 71.1 Å². The molecule has 1 heterocycles. The van der Waals surface area contributed by atoms with E-state index in [9.17, 15) is 9.59 Å². The number of benzene rings is 2. The third-order valence-electron chi connectivity index (χ3n) is 3.84. The summed E-state index contributed by atoms with van der Waals surface area (Å²) in [5.74, 6) is 0.252. The van der Waals surface area contributed by atoms with Crippen LogP contribution in [0, 0.1) is 0 Å². The van der Waals surface area contributed by atoms with Gasteiger partial charge in [0, 0.05) is 17.8 Å². The number of aromatic nitrogens is 1. The number of hydrogen-bond acceptors (Lipinski definition) is 5. The lowest BCUT2D eigenvalue weighted by Gasteiger charge is -2.04. The fraction of sp³-hybridized carbons (Fsp3) is 0.250. The summed E-state index contributed by atoms with van der Waals surface area (Å²) in [5.41, 5.74) is 2.22. The highest BCUT2D eigenvalue weighted by molar-refractivity contribution is 8.01. The SMILES string of the molecule is CCCCNC(=O)CSc1nc2ccc(NC(=O)c3ccccc3)cc2s1. The summed E-state index contributed by atoms with van der Waals surface area (Å²) < 4.78 is 1.83. The average molecular weight is 400 g/mol. The second-order valence-corrected chi connectivity index (χ2v) is 8.23. The highest BCUT2D eigenvalue weighted by atomic mass is 32.2. The van der Waals surface area contributed by atoms with E-state index in [2.05, 4.69) is 22.5 Å². The van der Waals surface area contributed by atoms with Crippen molar-refractivity contribution in [2.24, 2.45) is 0 Å². The van der Waals surface area contributed by atoms with Gasteiger partial charge in [-0.2, -0.15) is 0 Å². The number of amides is 2. The molecule has 140 valence electrons. The van der Waals surface area contributed by atoms with Crippen molar-refractivity contribution in [2.45, 2.75) is 24.1 Å². The van der Waals surface area contributed by atoms with Crippen LogP contribution < -0.4 is 10.6 Å². The Bertz CT molecular complexity index is 925. The van der Waals surface area contributed by atoms with E-state index < -0.39 is 0 Å². The Kier molecular flexibility index (Phi) is 6.84. The maximum atomic E-state index is 12.3. The fourth-order valence-corrected chi connectivity index (χ4v) is 4.36. The van der Waals surface area contributed by atoms with Gasteiger partial charge in [0.2, 0.25) is 5.91 Å². The molecule has 0 aliphatic carbocycles. The van der Waals surface area contributed by atoms with E-state index in [4.69, 9.17) is 0 Å². The molecule has 2 N–H and O–H groups in total. The molecule has 0 fully saturated rings. The molecule has 2 amide bonds. The Morgan fingerprint density at radius 3 is 2.74 bits per heavy atom. The van der Waals surface area contributed by atoms with Crippen LogP contribution in [0.4, 0.5) is 5.69 Å². The van der Waals surface area contributed by atoms with Crippen molar-refractivity contribution >= 4 is 50.8 Å². The van der Waals surface area contributed by atoms with Crippen LogP contribution >= 0.6 is 23.1 Å². The van der Waals surface area contributed by atoms with E-state index in [-0.39, 0.29) is 11.8 Å². The van der Waals surface area contributed by atoms with Crippen molar-refractivity contribution in [1.82, 2.24) is 10.3 Å². The third-order valence-corrected chi connectivity index (χ3v) is 6.00. The minimum Gasteiger partial charge on any atom is -0.355 e. The minimum absolute atomic E-state index is 0.0310. The summed E-state index contributed by atoms with van der Waals surface area (Å²) in [6, 6.07) is 14.8. The molecule has 0 radical (unpaired) electrons. The molecule has 1 aromatic heterocycles. The molecule has 3 rings (SSSR count). The van der Waals surface area contributed by atoms with E-state index in [1.165, 1.54) is 23.1 Å². The largest absolute Gasteiger partial charge is 0.355 e. The van der Waals surface area contributed by atoms with Crippen LogP contribution in [-0.2, 0) is 4.79 Å².